The first-order valence-electron chi connectivity index (χ1n) is 11.4. The monoisotopic (exact) mass is 464 g/mol. The summed E-state index contributed by atoms with van der Waals surface area (Å²) in [6.07, 6.45) is 2.89. The van der Waals surface area contributed by atoms with Crippen LogP contribution in [0.4, 0.5) is 4.79 Å². The van der Waals surface area contributed by atoms with Crippen LogP contribution in [-0.4, -0.2) is 34.8 Å². The maximum absolute atomic E-state index is 12.6. The Morgan fingerprint density at radius 2 is 1.51 bits per heavy atom. The zero-order valence-corrected chi connectivity index (χ0v) is 18.9. The van der Waals surface area contributed by atoms with Crippen molar-refractivity contribution in [1.82, 2.24) is 10.3 Å². The number of nitrogens with one attached hydrogen (secondary N) is 1. The van der Waals surface area contributed by atoms with E-state index in [9.17, 15) is 14.7 Å². The van der Waals surface area contributed by atoms with E-state index < -0.39 is 18.1 Å². The number of ether oxygens (including phenoxy) is 1. The van der Waals surface area contributed by atoms with Crippen LogP contribution in [0.25, 0.3) is 22.3 Å². The van der Waals surface area contributed by atoms with Gasteiger partial charge in [-0.15, -0.1) is 0 Å². The first-order valence-corrected chi connectivity index (χ1v) is 11.4. The molecule has 174 valence electrons. The van der Waals surface area contributed by atoms with Crippen LogP contribution in [0.3, 0.4) is 0 Å². The van der Waals surface area contributed by atoms with Crippen LogP contribution in [-0.2, 0) is 16.0 Å². The Morgan fingerprint density at radius 1 is 0.857 bits per heavy atom. The Balaban J connectivity index is 1.23. The summed E-state index contributed by atoms with van der Waals surface area (Å²) in [5.74, 6) is -1.20. The summed E-state index contributed by atoms with van der Waals surface area (Å²) in [4.78, 5) is 28.5. The summed E-state index contributed by atoms with van der Waals surface area (Å²) in [5.41, 5.74) is 7.23. The molecule has 5 rings (SSSR count). The van der Waals surface area contributed by atoms with E-state index >= 15 is 0 Å². The standard InChI is InChI=1S/C29H24N2O4/c32-28(33)27(16-19-11-13-20(14-12-19)21-6-5-15-30-17-21)31-29(34)35-18-26-24-9-3-1-7-22(24)23-8-2-4-10-25(23)26/h1-15,17,26-27H,16,18H2,(H,31,34)(H,32,33)/t27-/m0/s1. The molecule has 1 atom stereocenters. The van der Waals surface area contributed by atoms with E-state index in [4.69, 9.17) is 4.74 Å². The third kappa shape index (κ3) is 4.77. The second-order valence-corrected chi connectivity index (χ2v) is 8.50. The number of rotatable bonds is 7. The highest BCUT2D eigenvalue weighted by Crippen LogP contribution is 2.44. The predicted octanol–water partition coefficient (Wildman–Crippen LogP) is 5.28. The summed E-state index contributed by atoms with van der Waals surface area (Å²) >= 11 is 0. The van der Waals surface area contributed by atoms with Crippen LogP contribution >= 0.6 is 0 Å². The van der Waals surface area contributed by atoms with Gasteiger partial charge in [-0.3, -0.25) is 4.98 Å². The van der Waals surface area contributed by atoms with E-state index in [-0.39, 0.29) is 18.9 Å². The van der Waals surface area contributed by atoms with Gasteiger partial charge in [-0.1, -0.05) is 78.9 Å². The molecule has 1 aromatic heterocycles. The molecule has 0 fully saturated rings. The van der Waals surface area contributed by atoms with E-state index in [0.29, 0.717) is 0 Å². The van der Waals surface area contributed by atoms with Crippen molar-refractivity contribution < 1.29 is 19.4 Å². The van der Waals surface area contributed by atoms with Gasteiger partial charge in [-0.2, -0.15) is 0 Å². The molecule has 0 unspecified atom stereocenters. The summed E-state index contributed by atoms with van der Waals surface area (Å²) in [7, 11) is 0. The third-order valence-electron chi connectivity index (χ3n) is 6.32. The molecule has 1 heterocycles. The van der Waals surface area contributed by atoms with Gasteiger partial charge in [0.25, 0.3) is 0 Å². The number of carboxylic acid groups (broad SMARTS) is 1. The summed E-state index contributed by atoms with van der Waals surface area (Å²) < 4.78 is 5.51. The number of aliphatic carboxylic acids is 1. The lowest BCUT2D eigenvalue weighted by atomic mass is 9.98. The lowest BCUT2D eigenvalue weighted by Gasteiger charge is -2.17. The number of amides is 1. The molecule has 2 N–H and O–H groups in total. The molecule has 6 nitrogen and oxygen atoms in total. The van der Waals surface area contributed by atoms with Crippen molar-refractivity contribution in [2.75, 3.05) is 6.61 Å². The molecule has 3 aromatic carbocycles. The number of aromatic nitrogens is 1. The molecule has 35 heavy (non-hydrogen) atoms. The second-order valence-electron chi connectivity index (χ2n) is 8.50. The number of hydrogen-bond donors (Lipinski definition) is 2. The van der Waals surface area contributed by atoms with Crippen molar-refractivity contribution in [3.63, 3.8) is 0 Å². The average molecular weight is 465 g/mol. The molecule has 0 saturated carbocycles. The SMILES string of the molecule is O=C(N[C@@H](Cc1ccc(-c2cccnc2)cc1)C(=O)O)OCC1c2ccccc2-c2ccccc21. The van der Waals surface area contributed by atoms with Crippen LogP contribution in [0.1, 0.15) is 22.6 Å². The molecule has 6 heteroatoms. The molecule has 1 aliphatic rings. The number of carbonyl (C=O) groups excluding carboxylic acids is 1. The Morgan fingerprint density at radius 3 is 2.11 bits per heavy atom. The normalized spacial score (nSPS) is 12.9. The number of hydrogen-bond acceptors (Lipinski definition) is 4. The molecule has 0 aliphatic heterocycles. The van der Waals surface area contributed by atoms with Gasteiger partial charge in [-0.25, -0.2) is 9.59 Å². The van der Waals surface area contributed by atoms with Gasteiger partial charge in [0.2, 0.25) is 0 Å². The number of carboxylic acids is 1. The van der Waals surface area contributed by atoms with E-state index in [1.54, 1.807) is 12.4 Å². The first kappa shape index (κ1) is 22.3. The summed E-state index contributed by atoms with van der Waals surface area (Å²) in [5, 5.41) is 12.2. The zero-order chi connectivity index (χ0) is 24.2. The average Bonchev–Trinajstić information content (AvgIpc) is 3.21. The maximum Gasteiger partial charge on any atom is 0.407 e. The molecule has 4 aromatic rings. The van der Waals surface area contributed by atoms with Gasteiger partial charge in [0.15, 0.2) is 0 Å². The molecule has 0 spiro atoms. The maximum atomic E-state index is 12.6. The highest BCUT2D eigenvalue weighted by atomic mass is 16.5. The molecule has 0 radical (unpaired) electrons. The second kappa shape index (κ2) is 9.81. The molecule has 1 aliphatic carbocycles. The van der Waals surface area contributed by atoms with Crippen molar-refractivity contribution in [2.24, 2.45) is 0 Å². The zero-order valence-electron chi connectivity index (χ0n) is 18.9. The smallest absolute Gasteiger partial charge is 0.407 e. The van der Waals surface area contributed by atoms with Crippen LogP contribution in [0.2, 0.25) is 0 Å². The quantitative estimate of drug-likeness (QED) is 0.388. The number of fused-ring (bicyclic) bond motifs is 3. The van der Waals surface area contributed by atoms with Crippen LogP contribution in [0.5, 0.6) is 0 Å². The first-order chi connectivity index (χ1) is 17.1. The Labute approximate surface area is 203 Å². The predicted molar refractivity (Wildman–Crippen MR) is 133 cm³/mol. The number of alkyl carbamates (subject to hydrolysis) is 1. The Bertz CT molecular complexity index is 1310. The fraction of sp³-hybridized carbons (Fsp3) is 0.138. The van der Waals surface area contributed by atoms with Crippen LogP contribution < -0.4 is 5.32 Å². The van der Waals surface area contributed by atoms with Gasteiger partial charge in [0, 0.05) is 24.7 Å². The lowest BCUT2D eigenvalue weighted by molar-refractivity contribution is -0.139. The van der Waals surface area contributed by atoms with Crippen molar-refractivity contribution in [3.05, 3.63) is 114 Å². The molecule has 0 saturated heterocycles. The van der Waals surface area contributed by atoms with E-state index in [2.05, 4.69) is 22.4 Å². The number of nitrogens with zero attached hydrogens (tertiary/aromatic N) is 1. The molecular formula is C29H24N2O4. The van der Waals surface area contributed by atoms with Gasteiger partial charge in [0.1, 0.15) is 12.6 Å². The van der Waals surface area contributed by atoms with E-state index in [1.807, 2.05) is 72.8 Å². The summed E-state index contributed by atoms with van der Waals surface area (Å²) in [6, 6.07) is 26.4. The Hall–Kier alpha value is -4.45. The summed E-state index contributed by atoms with van der Waals surface area (Å²) in [6.45, 7) is 0.131. The lowest BCUT2D eigenvalue weighted by Crippen LogP contribution is -2.42. The minimum absolute atomic E-state index is 0.0866. The highest BCUT2D eigenvalue weighted by molar-refractivity contribution is 5.81. The fourth-order valence-corrected chi connectivity index (χ4v) is 4.58. The largest absolute Gasteiger partial charge is 0.480 e. The van der Waals surface area contributed by atoms with Crippen molar-refractivity contribution in [3.8, 4) is 22.3 Å². The fourth-order valence-electron chi connectivity index (χ4n) is 4.58. The van der Waals surface area contributed by atoms with Crippen molar-refractivity contribution >= 4 is 12.1 Å². The number of pyridine rings is 1. The van der Waals surface area contributed by atoms with Crippen LogP contribution in [0, 0.1) is 0 Å². The van der Waals surface area contributed by atoms with Crippen LogP contribution in [0.15, 0.2) is 97.3 Å². The molecular weight excluding hydrogens is 440 g/mol. The van der Waals surface area contributed by atoms with Gasteiger partial charge >= 0.3 is 12.1 Å². The third-order valence-corrected chi connectivity index (χ3v) is 6.32. The Kier molecular flexibility index (Phi) is 6.26. The van der Waals surface area contributed by atoms with Gasteiger partial charge < -0.3 is 15.2 Å². The van der Waals surface area contributed by atoms with E-state index in [1.165, 1.54) is 0 Å². The van der Waals surface area contributed by atoms with Gasteiger partial charge in [0.05, 0.1) is 0 Å². The topological polar surface area (TPSA) is 88.5 Å². The minimum atomic E-state index is -1.12. The number of carbonyl (C=O) groups is 2. The molecule has 1 amide bonds. The molecule has 0 bridgehead atoms. The highest BCUT2D eigenvalue weighted by Gasteiger charge is 2.29. The van der Waals surface area contributed by atoms with E-state index in [0.717, 1.165) is 38.9 Å². The minimum Gasteiger partial charge on any atom is -0.480 e. The van der Waals surface area contributed by atoms with Crippen molar-refractivity contribution in [2.45, 2.75) is 18.4 Å². The van der Waals surface area contributed by atoms with Gasteiger partial charge in [-0.05, 0) is 45.0 Å². The van der Waals surface area contributed by atoms with Crippen molar-refractivity contribution in [1.29, 1.82) is 0 Å². The number of benzene rings is 3.